The van der Waals surface area contributed by atoms with Gasteiger partial charge in [0.15, 0.2) is 0 Å². The Hall–Kier alpha value is -2.48. The first-order chi connectivity index (χ1) is 15.3. The highest BCUT2D eigenvalue weighted by molar-refractivity contribution is 6.33. The van der Waals surface area contributed by atoms with Crippen LogP contribution in [0.1, 0.15) is 42.9 Å². The number of ether oxygens (including phenoxy) is 1. The maximum atomic E-state index is 13.3. The lowest BCUT2D eigenvalue weighted by atomic mass is 9.94. The van der Waals surface area contributed by atoms with Crippen molar-refractivity contribution in [3.05, 3.63) is 52.7 Å². The standard InChI is InChI=1S/C23H25ClF3N3O2/c1-32-18-6-4-15(5-7-18)20-3-2-10-30(20)22(31)16-8-11-29(12-9-16)21-19(24)13-17(14-28-21)23(25,26)27/h4-7,13-14,16,20H,2-3,8-12H2,1H3. The molecule has 1 amide bonds. The number of anilines is 1. The van der Waals surface area contributed by atoms with Crippen molar-refractivity contribution < 1.29 is 22.7 Å². The minimum atomic E-state index is -4.48. The summed E-state index contributed by atoms with van der Waals surface area (Å²) in [7, 11) is 1.63. The van der Waals surface area contributed by atoms with E-state index in [1.807, 2.05) is 34.1 Å². The second-order valence-electron chi connectivity index (χ2n) is 8.25. The molecule has 0 saturated carbocycles. The molecule has 0 spiro atoms. The van der Waals surface area contributed by atoms with E-state index in [0.29, 0.717) is 31.7 Å². The Balaban J connectivity index is 1.40. The van der Waals surface area contributed by atoms with Crippen molar-refractivity contribution in [2.24, 2.45) is 5.92 Å². The predicted octanol–water partition coefficient (Wildman–Crippen LogP) is 5.34. The van der Waals surface area contributed by atoms with Crippen molar-refractivity contribution in [3.63, 3.8) is 0 Å². The molecule has 0 radical (unpaired) electrons. The highest BCUT2D eigenvalue weighted by Crippen LogP contribution is 2.37. The molecule has 1 aromatic carbocycles. The van der Waals surface area contributed by atoms with Gasteiger partial charge < -0.3 is 14.5 Å². The molecule has 2 saturated heterocycles. The largest absolute Gasteiger partial charge is 0.497 e. The van der Waals surface area contributed by atoms with Gasteiger partial charge in [0.2, 0.25) is 5.91 Å². The van der Waals surface area contributed by atoms with Crippen molar-refractivity contribution in [2.75, 3.05) is 31.6 Å². The van der Waals surface area contributed by atoms with Crippen LogP contribution >= 0.6 is 11.6 Å². The zero-order valence-electron chi connectivity index (χ0n) is 17.7. The maximum absolute atomic E-state index is 13.3. The van der Waals surface area contributed by atoms with Crippen LogP contribution < -0.4 is 9.64 Å². The molecule has 4 rings (SSSR count). The van der Waals surface area contributed by atoms with E-state index in [1.54, 1.807) is 7.11 Å². The van der Waals surface area contributed by atoms with Gasteiger partial charge in [0, 0.05) is 31.7 Å². The fourth-order valence-electron chi connectivity index (χ4n) is 4.59. The lowest BCUT2D eigenvalue weighted by Gasteiger charge is -2.36. The molecule has 1 unspecified atom stereocenters. The molecule has 9 heteroatoms. The summed E-state index contributed by atoms with van der Waals surface area (Å²) < 4.78 is 43.8. The zero-order chi connectivity index (χ0) is 22.9. The van der Waals surface area contributed by atoms with Crippen LogP contribution in [-0.2, 0) is 11.0 Å². The first-order valence-electron chi connectivity index (χ1n) is 10.7. The van der Waals surface area contributed by atoms with Gasteiger partial charge in [-0.1, -0.05) is 23.7 Å². The molecule has 172 valence electrons. The van der Waals surface area contributed by atoms with E-state index >= 15 is 0 Å². The summed E-state index contributed by atoms with van der Waals surface area (Å²) in [4.78, 5) is 21.1. The molecule has 0 bridgehead atoms. The fourth-order valence-corrected chi connectivity index (χ4v) is 4.88. The number of benzene rings is 1. The van der Waals surface area contributed by atoms with Crippen LogP contribution in [0.4, 0.5) is 19.0 Å². The average Bonchev–Trinajstić information content (AvgIpc) is 3.28. The number of methoxy groups -OCH3 is 1. The topological polar surface area (TPSA) is 45.7 Å². The number of alkyl halides is 3. The molecule has 0 aliphatic carbocycles. The van der Waals surface area contributed by atoms with Gasteiger partial charge in [0.25, 0.3) is 0 Å². The van der Waals surface area contributed by atoms with Gasteiger partial charge in [0.05, 0.1) is 23.7 Å². The van der Waals surface area contributed by atoms with Gasteiger partial charge in [-0.25, -0.2) is 4.98 Å². The summed E-state index contributed by atoms with van der Waals surface area (Å²) in [5.74, 6) is 1.16. The Labute approximate surface area is 190 Å². The van der Waals surface area contributed by atoms with Crippen LogP contribution in [0.25, 0.3) is 0 Å². The third kappa shape index (κ3) is 4.65. The normalized spacial score (nSPS) is 20.0. The Kier molecular flexibility index (Phi) is 6.51. The Bertz CT molecular complexity index is 960. The van der Waals surface area contributed by atoms with E-state index in [0.717, 1.165) is 43.0 Å². The number of likely N-dealkylation sites (tertiary alicyclic amines) is 1. The van der Waals surface area contributed by atoms with Crippen LogP contribution in [0, 0.1) is 5.92 Å². The van der Waals surface area contributed by atoms with Gasteiger partial charge in [-0.2, -0.15) is 13.2 Å². The number of hydrogen-bond donors (Lipinski definition) is 0. The number of hydrogen-bond acceptors (Lipinski definition) is 4. The van der Waals surface area contributed by atoms with E-state index in [4.69, 9.17) is 16.3 Å². The summed E-state index contributed by atoms with van der Waals surface area (Å²) in [6.45, 7) is 1.78. The van der Waals surface area contributed by atoms with Crippen molar-refractivity contribution >= 4 is 23.3 Å². The molecule has 1 atom stereocenters. The Morgan fingerprint density at radius 1 is 1.12 bits per heavy atom. The molecule has 2 aliphatic rings. The van der Waals surface area contributed by atoms with Crippen molar-refractivity contribution in [1.29, 1.82) is 0 Å². The lowest BCUT2D eigenvalue weighted by molar-refractivity contribution is -0.138. The molecule has 1 aromatic heterocycles. The van der Waals surface area contributed by atoms with E-state index in [1.165, 1.54) is 0 Å². The number of nitrogens with zero attached hydrogens (tertiary/aromatic N) is 3. The van der Waals surface area contributed by atoms with Gasteiger partial charge in [0.1, 0.15) is 11.6 Å². The fraction of sp³-hybridized carbons (Fsp3) is 0.478. The van der Waals surface area contributed by atoms with Crippen LogP contribution in [0.15, 0.2) is 36.5 Å². The molecule has 0 N–H and O–H groups in total. The summed E-state index contributed by atoms with van der Waals surface area (Å²) in [6, 6.07) is 8.82. The SMILES string of the molecule is COc1ccc(C2CCCN2C(=O)C2CCN(c3ncc(C(F)(F)F)cc3Cl)CC2)cc1. The highest BCUT2D eigenvalue weighted by atomic mass is 35.5. The molecule has 2 fully saturated rings. The number of rotatable bonds is 4. The minimum Gasteiger partial charge on any atom is -0.497 e. The predicted molar refractivity (Wildman–Crippen MR) is 116 cm³/mol. The maximum Gasteiger partial charge on any atom is 0.417 e. The minimum absolute atomic E-state index is 0.0243. The van der Waals surface area contributed by atoms with Gasteiger partial charge in [-0.3, -0.25) is 4.79 Å². The van der Waals surface area contributed by atoms with Gasteiger partial charge in [-0.15, -0.1) is 0 Å². The number of halogens is 4. The third-order valence-electron chi connectivity index (χ3n) is 6.33. The van der Waals surface area contributed by atoms with Crippen molar-refractivity contribution in [1.82, 2.24) is 9.88 Å². The first-order valence-corrected chi connectivity index (χ1v) is 11.1. The molecular weight excluding hydrogens is 443 g/mol. The van der Waals surface area contributed by atoms with Crippen LogP contribution in [0.5, 0.6) is 5.75 Å². The number of carbonyl (C=O) groups excluding carboxylic acids is 1. The lowest BCUT2D eigenvalue weighted by Crippen LogP contribution is -2.42. The number of amides is 1. The van der Waals surface area contributed by atoms with Gasteiger partial charge >= 0.3 is 6.18 Å². The van der Waals surface area contributed by atoms with Gasteiger partial charge in [-0.05, 0) is 49.4 Å². The average molecular weight is 468 g/mol. The zero-order valence-corrected chi connectivity index (χ0v) is 18.5. The van der Waals surface area contributed by atoms with Crippen molar-refractivity contribution in [2.45, 2.75) is 37.9 Å². The van der Waals surface area contributed by atoms with E-state index < -0.39 is 11.7 Å². The number of pyridine rings is 1. The Morgan fingerprint density at radius 3 is 2.41 bits per heavy atom. The van der Waals surface area contributed by atoms with Crippen LogP contribution in [0.2, 0.25) is 5.02 Å². The first kappa shape index (κ1) is 22.7. The van der Waals surface area contributed by atoms with E-state index in [2.05, 4.69) is 4.98 Å². The summed E-state index contributed by atoms with van der Waals surface area (Å²) >= 11 is 6.09. The molecular formula is C23H25ClF3N3O2. The van der Waals surface area contributed by atoms with Crippen molar-refractivity contribution in [3.8, 4) is 5.75 Å². The number of aromatic nitrogens is 1. The summed E-state index contributed by atoms with van der Waals surface area (Å²) in [6.07, 6.45) is -0.547. The Morgan fingerprint density at radius 2 is 1.81 bits per heavy atom. The molecule has 5 nitrogen and oxygen atoms in total. The highest BCUT2D eigenvalue weighted by Gasteiger charge is 2.36. The van der Waals surface area contributed by atoms with Crippen LogP contribution in [0.3, 0.4) is 0 Å². The quantitative estimate of drug-likeness (QED) is 0.608. The molecule has 32 heavy (non-hydrogen) atoms. The molecule has 3 heterocycles. The second kappa shape index (κ2) is 9.17. The van der Waals surface area contributed by atoms with Crippen LogP contribution in [-0.4, -0.2) is 42.5 Å². The number of carbonyl (C=O) groups is 1. The summed E-state index contributed by atoms with van der Waals surface area (Å²) in [5.41, 5.74) is 0.241. The molecule has 2 aromatic rings. The monoisotopic (exact) mass is 467 g/mol. The van der Waals surface area contributed by atoms with E-state index in [-0.39, 0.29) is 22.9 Å². The smallest absolute Gasteiger partial charge is 0.417 e. The summed E-state index contributed by atoms with van der Waals surface area (Å²) in [5, 5.41) is -0.0243. The third-order valence-corrected chi connectivity index (χ3v) is 6.61. The number of piperidine rings is 1. The van der Waals surface area contributed by atoms with E-state index in [9.17, 15) is 18.0 Å². The second-order valence-corrected chi connectivity index (χ2v) is 8.66. The molecule has 2 aliphatic heterocycles.